The molecule has 1 fully saturated rings. The topological polar surface area (TPSA) is 74.7 Å². The first-order chi connectivity index (χ1) is 9.13. The molecular formula is C13H22N4O2. The largest absolute Gasteiger partial charge is 0.464 e. The molecule has 0 radical (unpaired) electrons. The summed E-state index contributed by atoms with van der Waals surface area (Å²) in [6.07, 6.45) is 0. The van der Waals surface area contributed by atoms with Crippen LogP contribution in [0.15, 0.2) is 10.5 Å². The maximum Gasteiger partial charge on any atom is 0.268 e. The molecule has 0 unspecified atom stereocenters. The molecule has 0 aromatic carbocycles. The minimum absolute atomic E-state index is 0.302. The molecule has 0 aliphatic carbocycles. The summed E-state index contributed by atoms with van der Waals surface area (Å²) in [6.45, 7) is 10.1. The standard InChI is InChI=1S/C13H22N4O2/c1-3-16-4-6-17(7-5-16)9-11-8-12(10(2)19-11)13(18)15-14/h8H,3-7,9,14H2,1-2H3,(H,15,18). The molecule has 1 aliphatic rings. The predicted octanol–water partition coefficient (Wildman–Crippen LogP) is 0.329. The lowest BCUT2D eigenvalue weighted by atomic mass is 10.2. The first-order valence-electron chi connectivity index (χ1n) is 6.69. The van der Waals surface area contributed by atoms with Crippen molar-refractivity contribution in [2.45, 2.75) is 20.4 Å². The fourth-order valence-corrected chi connectivity index (χ4v) is 2.41. The van der Waals surface area contributed by atoms with Gasteiger partial charge in [-0.1, -0.05) is 6.92 Å². The van der Waals surface area contributed by atoms with E-state index in [1.807, 2.05) is 0 Å². The highest BCUT2D eigenvalue weighted by Crippen LogP contribution is 2.17. The molecule has 2 heterocycles. The lowest BCUT2D eigenvalue weighted by Gasteiger charge is -2.33. The van der Waals surface area contributed by atoms with Gasteiger partial charge in [0.2, 0.25) is 0 Å². The monoisotopic (exact) mass is 266 g/mol. The summed E-state index contributed by atoms with van der Waals surface area (Å²) in [5, 5.41) is 0. The molecule has 1 amide bonds. The third kappa shape index (κ3) is 3.34. The molecule has 0 spiro atoms. The SMILES string of the molecule is CCN1CCN(Cc2cc(C(=O)NN)c(C)o2)CC1. The average Bonchev–Trinajstić information content (AvgIpc) is 2.79. The van der Waals surface area contributed by atoms with Gasteiger partial charge in [-0.2, -0.15) is 0 Å². The average molecular weight is 266 g/mol. The summed E-state index contributed by atoms with van der Waals surface area (Å²) in [6, 6.07) is 1.78. The number of hydrazine groups is 1. The number of aryl methyl sites for hydroxylation is 1. The molecule has 1 aliphatic heterocycles. The number of piperazine rings is 1. The zero-order valence-electron chi connectivity index (χ0n) is 11.6. The number of nitrogens with zero attached hydrogens (tertiary/aromatic N) is 2. The van der Waals surface area contributed by atoms with E-state index >= 15 is 0 Å². The second-order valence-electron chi connectivity index (χ2n) is 4.87. The maximum atomic E-state index is 11.5. The van der Waals surface area contributed by atoms with Crippen molar-refractivity contribution in [3.63, 3.8) is 0 Å². The van der Waals surface area contributed by atoms with E-state index in [1.165, 1.54) is 0 Å². The second kappa shape index (κ2) is 6.18. The molecule has 1 saturated heterocycles. The molecule has 106 valence electrons. The lowest BCUT2D eigenvalue weighted by Crippen LogP contribution is -2.45. The molecule has 0 saturated carbocycles. The minimum atomic E-state index is -0.302. The highest BCUT2D eigenvalue weighted by atomic mass is 16.3. The number of nitrogens with one attached hydrogen (secondary N) is 1. The Balaban J connectivity index is 1.95. The number of nitrogens with two attached hydrogens (primary N) is 1. The van der Waals surface area contributed by atoms with Gasteiger partial charge in [-0.15, -0.1) is 0 Å². The Bertz CT molecular complexity index is 436. The number of hydrogen-bond donors (Lipinski definition) is 2. The normalized spacial score (nSPS) is 17.6. The first kappa shape index (κ1) is 14.0. The van der Waals surface area contributed by atoms with Crippen molar-refractivity contribution in [1.82, 2.24) is 15.2 Å². The Kier molecular flexibility index (Phi) is 4.57. The van der Waals surface area contributed by atoms with Gasteiger partial charge in [0.25, 0.3) is 5.91 Å². The van der Waals surface area contributed by atoms with E-state index in [-0.39, 0.29) is 5.91 Å². The van der Waals surface area contributed by atoms with Crippen LogP contribution in [0.4, 0.5) is 0 Å². The van der Waals surface area contributed by atoms with Gasteiger partial charge in [0.15, 0.2) is 0 Å². The van der Waals surface area contributed by atoms with E-state index in [2.05, 4.69) is 22.1 Å². The van der Waals surface area contributed by atoms with E-state index < -0.39 is 0 Å². The van der Waals surface area contributed by atoms with Crippen LogP contribution >= 0.6 is 0 Å². The number of amides is 1. The number of furan rings is 1. The van der Waals surface area contributed by atoms with Gasteiger partial charge in [-0.25, -0.2) is 5.84 Å². The number of nitrogen functional groups attached to an aromatic ring is 1. The Morgan fingerprint density at radius 2 is 2.00 bits per heavy atom. The van der Waals surface area contributed by atoms with Crippen LogP contribution in [0.25, 0.3) is 0 Å². The molecular weight excluding hydrogens is 244 g/mol. The van der Waals surface area contributed by atoms with Crippen molar-refractivity contribution in [2.24, 2.45) is 5.84 Å². The summed E-state index contributed by atoms with van der Waals surface area (Å²) in [7, 11) is 0. The van der Waals surface area contributed by atoms with E-state index in [0.29, 0.717) is 11.3 Å². The highest BCUT2D eigenvalue weighted by molar-refractivity contribution is 5.94. The number of hydrogen-bond acceptors (Lipinski definition) is 5. The van der Waals surface area contributed by atoms with E-state index in [9.17, 15) is 4.79 Å². The Morgan fingerprint density at radius 3 is 2.58 bits per heavy atom. The van der Waals surface area contributed by atoms with Crippen molar-refractivity contribution >= 4 is 5.91 Å². The third-order valence-corrected chi connectivity index (χ3v) is 3.64. The molecule has 0 bridgehead atoms. The van der Waals surface area contributed by atoms with Crippen molar-refractivity contribution in [1.29, 1.82) is 0 Å². The molecule has 0 atom stereocenters. The summed E-state index contributed by atoms with van der Waals surface area (Å²) < 4.78 is 5.62. The van der Waals surface area contributed by atoms with Gasteiger partial charge in [0.1, 0.15) is 11.5 Å². The third-order valence-electron chi connectivity index (χ3n) is 3.64. The second-order valence-corrected chi connectivity index (χ2v) is 4.87. The Labute approximate surface area is 113 Å². The summed E-state index contributed by atoms with van der Waals surface area (Å²) in [4.78, 5) is 16.3. The van der Waals surface area contributed by atoms with Gasteiger partial charge in [-0.3, -0.25) is 15.1 Å². The van der Waals surface area contributed by atoms with Crippen LogP contribution in [0.2, 0.25) is 0 Å². The first-order valence-corrected chi connectivity index (χ1v) is 6.69. The fourth-order valence-electron chi connectivity index (χ4n) is 2.41. The van der Waals surface area contributed by atoms with E-state index in [1.54, 1.807) is 13.0 Å². The van der Waals surface area contributed by atoms with Crippen LogP contribution in [-0.2, 0) is 6.54 Å². The maximum absolute atomic E-state index is 11.5. The van der Waals surface area contributed by atoms with Crippen molar-refractivity contribution in [3.05, 3.63) is 23.2 Å². The van der Waals surface area contributed by atoms with Gasteiger partial charge >= 0.3 is 0 Å². The Morgan fingerprint density at radius 1 is 1.37 bits per heavy atom. The van der Waals surface area contributed by atoms with Crippen LogP contribution in [0.5, 0.6) is 0 Å². The quantitative estimate of drug-likeness (QED) is 0.467. The molecule has 3 N–H and O–H groups in total. The molecule has 2 rings (SSSR count). The van der Waals surface area contributed by atoms with E-state index in [0.717, 1.165) is 45.0 Å². The summed E-state index contributed by atoms with van der Waals surface area (Å²) in [5.41, 5.74) is 2.65. The van der Waals surface area contributed by atoms with Crippen molar-refractivity contribution < 1.29 is 9.21 Å². The van der Waals surface area contributed by atoms with Crippen molar-refractivity contribution in [2.75, 3.05) is 32.7 Å². The van der Waals surface area contributed by atoms with Crippen LogP contribution in [0.1, 0.15) is 28.8 Å². The fraction of sp³-hybridized carbons (Fsp3) is 0.615. The van der Waals surface area contributed by atoms with Gasteiger partial charge in [0.05, 0.1) is 12.1 Å². The number of rotatable bonds is 4. The van der Waals surface area contributed by atoms with Crippen LogP contribution in [0, 0.1) is 6.92 Å². The van der Waals surface area contributed by atoms with Crippen molar-refractivity contribution in [3.8, 4) is 0 Å². The van der Waals surface area contributed by atoms with E-state index in [4.69, 9.17) is 10.3 Å². The molecule has 1 aromatic rings. The summed E-state index contributed by atoms with van der Waals surface area (Å²) >= 11 is 0. The number of carbonyl (C=O) groups excluding carboxylic acids is 1. The molecule has 19 heavy (non-hydrogen) atoms. The van der Waals surface area contributed by atoms with Crippen LogP contribution in [-0.4, -0.2) is 48.4 Å². The predicted molar refractivity (Wildman–Crippen MR) is 72.5 cm³/mol. The van der Waals surface area contributed by atoms with Crippen LogP contribution < -0.4 is 11.3 Å². The molecule has 6 nitrogen and oxygen atoms in total. The molecule has 6 heteroatoms. The zero-order chi connectivity index (χ0) is 13.8. The number of likely N-dealkylation sites (N-methyl/N-ethyl adjacent to an activating group) is 1. The van der Waals surface area contributed by atoms with Gasteiger partial charge in [-0.05, 0) is 19.5 Å². The minimum Gasteiger partial charge on any atom is -0.464 e. The zero-order valence-corrected chi connectivity index (χ0v) is 11.6. The van der Waals surface area contributed by atoms with Gasteiger partial charge < -0.3 is 9.32 Å². The van der Waals surface area contributed by atoms with Crippen LogP contribution in [0.3, 0.4) is 0 Å². The molecule has 1 aromatic heterocycles. The smallest absolute Gasteiger partial charge is 0.268 e. The Hall–Kier alpha value is -1.37. The summed E-state index contributed by atoms with van der Waals surface area (Å²) in [5.74, 6) is 6.27. The lowest BCUT2D eigenvalue weighted by molar-refractivity contribution is 0.0952. The number of carbonyl (C=O) groups is 1. The van der Waals surface area contributed by atoms with Gasteiger partial charge in [0, 0.05) is 26.2 Å². The highest BCUT2D eigenvalue weighted by Gasteiger charge is 2.19.